The number of aromatic nitrogens is 2. The minimum Gasteiger partial charge on any atom is -0.505 e. The molecule has 0 aliphatic rings. The van der Waals surface area contributed by atoms with Crippen molar-refractivity contribution in [2.75, 3.05) is 4.72 Å². The Morgan fingerprint density at radius 3 is 2.72 bits per heavy atom. The number of imidazole rings is 1. The lowest BCUT2D eigenvalue weighted by Gasteiger charge is -2.09. The number of para-hydroxylation sites is 1. The van der Waals surface area contributed by atoms with Crippen LogP contribution in [0.1, 0.15) is 5.56 Å². The fraction of sp³-hybridized carbons (Fsp3) is 0.182. The normalized spacial score (nSPS) is 11.4. The maximum absolute atomic E-state index is 12.0. The molecule has 0 unspecified atom stereocenters. The molecule has 0 fully saturated rings. The van der Waals surface area contributed by atoms with Gasteiger partial charge < -0.3 is 9.67 Å². The molecule has 18 heavy (non-hydrogen) atoms. The molecule has 2 aromatic rings. The third-order valence-electron chi connectivity index (χ3n) is 2.44. The van der Waals surface area contributed by atoms with Crippen molar-refractivity contribution in [3.63, 3.8) is 0 Å². The van der Waals surface area contributed by atoms with Gasteiger partial charge in [-0.1, -0.05) is 12.1 Å². The molecule has 2 rings (SSSR count). The van der Waals surface area contributed by atoms with Gasteiger partial charge in [-0.2, -0.15) is 8.42 Å². The van der Waals surface area contributed by atoms with Crippen molar-refractivity contribution >= 4 is 15.7 Å². The van der Waals surface area contributed by atoms with Crippen molar-refractivity contribution in [3.8, 4) is 5.75 Å². The fourth-order valence-electron chi connectivity index (χ4n) is 1.47. The standard InChI is InChI=1S/C11H13N3O3S/c1-8-4-3-5-9(11(8)15)13-18(16,17)10-6-14(2)7-12-10/h3-7,13,15H,1-2H3. The Morgan fingerprint density at radius 1 is 1.39 bits per heavy atom. The number of benzene rings is 1. The van der Waals surface area contributed by atoms with Crippen LogP contribution in [-0.2, 0) is 17.1 Å². The van der Waals surface area contributed by atoms with E-state index in [1.54, 1.807) is 26.1 Å². The Labute approximate surface area is 105 Å². The molecule has 0 aliphatic carbocycles. The number of nitrogens with one attached hydrogen (secondary N) is 1. The summed E-state index contributed by atoms with van der Waals surface area (Å²) < 4.78 is 27.8. The Bertz CT molecular complexity index is 677. The molecule has 0 saturated carbocycles. The van der Waals surface area contributed by atoms with E-state index in [0.717, 1.165) is 0 Å². The molecule has 7 heteroatoms. The number of sulfonamides is 1. The predicted molar refractivity (Wildman–Crippen MR) is 66.9 cm³/mol. The first-order valence-electron chi connectivity index (χ1n) is 5.19. The van der Waals surface area contributed by atoms with Crippen LogP contribution in [0.15, 0.2) is 35.7 Å². The van der Waals surface area contributed by atoms with Crippen molar-refractivity contribution in [3.05, 3.63) is 36.3 Å². The third-order valence-corrected chi connectivity index (χ3v) is 3.69. The van der Waals surface area contributed by atoms with E-state index in [-0.39, 0.29) is 16.5 Å². The van der Waals surface area contributed by atoms with Crippen LogP contribution in [-0.4, -0.2) is 23.1 Å². The van der Waals surface area contributed by atoms with Gasteiger partial charge in [-0.15, -0.1) is 0 Å². The highest BCUT2D eigenvalue weighted by Crippen LogP contribution is 2.28. The van der Waals surface area contributed by atoms with Gasteiger partial charge in [-0.3, -0.25) is 4.72 Å². The molecule has 0 bridgehead atoms. The second-order valence-electron chi connectivity index (χ2n) is 3.95. The Kier molecular flexibility index (Phi) is 3.00. The molecule has 1 heterocycles. The van der Waals surface area contributed by atoms with E-state index in [1.165, 1.54) is 23.2 Å². The Balaban J connectivity index is 2.37. The van der Waals surface area contributed by atoms with Gasteiger partial charge in [-0.25, -0.2) is 4.98 Å². The van der Waals surface area contributed by atoms with Gasteiger partial charge in [0.1, 0.15) is 5.75 Å². The summed E-state index contributed by atoms with van der Waals surface area (Å²) in [6.45, 7) is 1.69. The number of phenolic OH excluding ortho intramolecular Hbond substituents is 1. The first-order chi connectivity index (χ1) is 8.40. The largest absolute Gasteiger partial charge is 0.505 e. The molecule has 0 aliphatic heterocycles. The molecule has 6 nitrogen and oxygen atoms in total. The summed E-state index contributed by atoms with van der Waals surface area (Å²) >= 11 is 0. The van der Waals surface area contributed by atoms with Crippen LogP contribution in [0, 0.1) is 6.92 Å². The van der Waals surface area contributed by atoms with Gasteiger partial charge in [0, 0.05) is 13.2 Å². The van der Waals surface area contributed by atoms with Crippen LogP contribution in [0.4, 0.5) is 5.69 Å². The van der Waals surface area contributed by atoms with E-state index < -0.39 is 10.0 Å². The highest BCUT2D eigenvalue weighted by atomic mass is 32.2. The van der Waals surface area contributed by atoms with Gasteiger partial charge in [0.2, 0.25) is 0 Å². The zero-order chi connectivity index (χ0) is 13.3. The molecule has 0 amide bonds. The number of aromatic hydroxyl groups is 1. The maximum Gasteiger partial charge on any atom is 0.281 e. The number of anilines is 1. The minimum atomic E-state index is -3.77. The summed E-state index contributed by atoms with van der Waals surface area (Å²) in [7, 11) is -2.10. The second-order valence-corrected chi connectivity index (χ2v) is 5.58. The zero-order valence-corrected chi connectivity index (χ0v) is 10.8. The first kappa shape index (κ1) is 12.4. The van der Waals surface area contributed by atoms with Gasteiger partial charge >= 0.3 is 0 Å². The predicted octanol–water partition coefficient (Wildman–Crippen LogP) is 1.23. The highest BCUT2D eigenvalue weighted by Gasteiger charge is 2.18. The third kappa shape index (κ3) is 2.30. The maximum atomic E-state index is 12.0. The number of hydrogen-bond donors (Lipinski definition) is 2. The quantitative estimate of drug-likeness (QED) is 0.819. The molecule has 0 saturated heterocycles. The minimum absolute atomic E-state index is 0.0861. The lowest BCUT2D eigenvalue weighted by molar-refractivity contribution is 0.473. The summed E-state index contributed by atoms with van der Waals surface area (Å²) in [5.74, 6) is -0.0861. The SMILES string of the molecule is Cc1cccc(NS(=O)(=O)c2cn(C)cn2)c1O. The molecule has 0 atom stereocenters. The fourth-order valence-corrected chi connectivity index (χ4v) is 2.52. The van der Waals surface area contributed by atoms with E-state index in [4.69, 9.17) is 0 Å². The van der Waals surface area contributed by atoms with Crippen LogP contribution >= 0.6 is 0 Å². The summed E-state index contributed by atoms with van der Waals surface area (Å²) in [6.07, 6.45) is 2.78. The monoisotopic (exact) mass is 267 g/mol. The van der Waals surface area contributed by atoms with E-state index in [1.807, 2.05) is 0 Å². The molecular weight excluding hydrogens is 254 g/mol. The summed E-state index contributed by atoms with van der Waals surface area (Å²) in [6, 6.07) is 4.84. The average molecular weight is 267 g/mol. The Morgan fingerprint density at radius 2 is 2.11 bits per heavy atom. The van der Waals surface area contributed by atoms with Gasteiger partial charge in [0.15, 0.2) is 5.03 Å². The van der Waals surface area contributed by atoms with E-state index in [0.29, 0.717) is 5.56 Å². The Hall–Kier alpha value is -2.02. The molecular formula is C11H13N3O3S. The molecule has 1 aromatic carbocycles. The molecule has 1 aromatic heterocycles. The molecule has 96 valence electrons. The highest BCUT2D eigenvalue weighted by molar-refractivity contribution is 7.92. The van der Waals surface area contributed by atoms with Crippen LogP contribution in [0.5, 0.6) is 5.75 Å². The van der Waals surface area contributed by atoms with E-state index in [2.05, 4.69) is 9.71 Å². The molecule has 0 radical (unpaired) electrons. The molecule has 2 N–H and O–H groups in total. The molecule has 0 spiro atoms. The van der Waals surface area contributed by atoms with Crippen LogP contribution in [0.25, 0.3) is 0 Å². The lowest BCUT2D eigenvalue weighted by atomic mass is 10.2. The average Bonchev–Trinajstić information content (AvgIpc) is 2.72. The smallest absolute Gasteiger partial charge is 0.281 e. The second kappa shape index (κ2) is 4.34. The van der Waals surface area contributed by atoms with E-state index in [9.17, 15) is 13.5 Å². The van der Waals surface area contributed by atoms with Crippen LogP contribution < -0.4 is 4.72 Å². The lowest BCUT2D eigenvalue weighted by Crippen LogP contribution is -2.13. The summed E-state index contributed by atoms with van der Waals surface area (Å²) in [5.41, 5.74) is 0.733. The van der Waals surface area contributed by atoms with Gasteiger partial charge in [0.05, 0.1) is 12.0 Å². The summed E-state index contributed by atoms with van der Waals surface area (Å²) in [5, 5.41) is 9.67. The number of hydrogen-bond acceptors (Lipinski definition) is 4. The van der Waals surface area contributed by atoms with Crippen molar-refractivity contribution in [1.29, 1.82) is 0 Å². The first-order valence-corrected chi connectivity index (χ1v) is 6.68. The van der Waals surface area contributed by atoms with Crippen LogP contribution in [0.2, 0.25) is 0 Å². The van der Waals surface area contributed by atoms with Crippen molar-refractivity contribution in [2.45, 2.75) is 11.9 Å². The number of nitrogens with zero attached hydrogens (tertiary/aromatic N) is 2. The van der Waals surface area contributed by atoms with Crippen LogP contribution in [0.3, 0.4) is 0 Å². The number of aryl methyl sites for hydroxylation is 2. The number of phenols is 1. The van der Waals surface area contributed by atoms with Gasteiger partial charge in [-0.05, 0) is 18.6 Å². The topological polar surface area (TPSA) is 84.2 Å². The van der Waals surface area contributed by atoms with Crippen molar-refractivity contribution in [1.82, 2.24) is 9.55 Å². The number of rotatable bonds is 3. The summed E-state index contributed by atoms with van der Waals surface area (Å²) in [4.78, 5) is 3.77. The van der Waals surface area contributed by atoms with Crippen molar-refractivity contribution in [2.24, 2.45) is 7.05 Å². The van der Waals surface area contributed by atoms with E-state index >= 15 is 0 Å². The zero-order valence-electron chi connectivity index (χ0n) is 9.95. The van der Waals surface area contributed by atoms with Gasteiger partial charge in [0.25, 0.3) is 10.0 Å². The van der Waals surface area contributed by atoms with Crippen molar-refractivity contribution < 1.29 is 13.5 Å².